The first kappa shape index (κ1) is 21.5. The molecule has 0 N–H and O–H groups in total. The Morgan fingerprint density at radius 2 is 2.00 bits per heavy atom. The maximum Gasteiger partial charge on any atom is 0.350 e. The molecule has 1 aliphatic rings. The van der Waals surface area contributed by atoms with Crippen molar-refractivity contribution in [2.24, 2.45) is 4.99 Å². The van der Waals surface area contributed by atoms with Crippen LogP contribution in [0.1, 0.15) is 48.5 Å². The molecule has 0 saturated heterocycles. The fraction of sp³-hybridized carbons (Fsp3) is 0.375. The molecule has 0 unspecified atom stereocenters. The third kappa shape index (κ3) is 4.20. The Balaban J connectivity index is 2.02. The molecule has 162 valence electrons. The second kappa shape index (κ2) is 8.77. The predicted molar refractivity (Wildman–Crippen MR) is 123 cm³/mol. The van der Waals surface area contributed by atoms with Crippen LogP contribution in [0.3, 0.4) is 0 Å². The third-order valence-electron chi connectivity index (χ3n) is 5.17. The molecule has 0 atom stereocenters. The Labute approximate surface area is 185 Å². The highest BCUT2D eigenvalue weighted by atomic mass is 32.1. The third-order valence-corrected chi connectivity index (χ3v) is 6.22. The van der Waals surface area contributed by atoms with Gasteiger partial charge in [-0.1, -0.05) is 30.3 Å². The van der Waals surface area contributed by atoms with Crippen LogP contribution in [0.4, 0.5) is 5.69 Å². The number of fused-ring (bicyclic) bond motifs is 3. The number of hydrogen-bond donors (Lipinski definition) is 0. The number of esters is 1. The van der Waals surface area contributed by atoms with E-state index in [0.717, 1.165) is 32.6 Å². The molecule has 1 aromatic carbocycles. The van der Waals surface area contributed by atoms with Crippen LogP contribution in [0.15, 0.2) is 35.3 Å². The van der Waals surface area contributed by atoms with Crippen molar-refractivity contribution in [3.63, 3.8) is 0 Å². The monoisotopic (exact) mass is 438 g/mol. The molecule has 4 rings (SSSR count). The van der Waals surface area contributed by atoms with Crippen molar-refractivity contribution in [3.8, 4) is 11.3 Å². The lowest BCUT2D eigenvalue weighted by Crippen LogP contribution is -2.32. The Bertz CT molecular complexity index is 1140. The number of aliphatic imine (C=N–C) groups is 1. The highest BCUT2D eigenvalue weighted by Gasteiger charge is 2.33. The summed E-state index contributed by atoms with van der Waals surface area (Å²) in [6.07, 6.45) is 2.09. The van der Waals surface area contributed by atoms with E-state index in [1.807, 2.05) is 37.3 Å². The van der Waals surface area contributed by atoms with Gasteiger partial charge in [0.25, 0.3) is 0 Å². The summed E-state index contributed by atoms with van der Waals surface area (Å²) in [4.78, 5) is 23.4. The Hall–Kier alpha value is -2.77. The molecule has 1 aliphatic heterocycles. The lowest BCUT2D eigenvalue weighted by molar-refractivity contribution is -0.0394. The van der Waals surface area contributed by atoms with Gasteiger partial charge in [-0.15, -0.1) is 11.3 Å². The topological polar surface area (TPSA) is 70.0 Å². The maximum atomic E-state index is 12.7. The van der Waals surface area contributed by atoms with Gasteiger partial charge in [0, 0.05) is 22.9 Å². The number of rotatable bonds is 6. The molecule has 7 heteroatoms. The maximum absolute atomic E-state index is 12.7. The first-order chi connectivity index (χ1) is 14.9. The van der Waals surface area contributed by atoms with Gasteiger partial charge in [0.1, 0.15) is 15.4 Å². The zero-order chi connectivity index (χ0) is 22.0. The first-order valence-corrected chi connectivity index (χ1v) is 11.3. The molecule has 0 radical (unpaired) electrons. The van der Waals surface area contributed by atoms with E-state index in [1.54, 1.807) is 6.92 Å². The molecule has 0 bridgehead atoms. The van der Waals surface area contributed by atoms with Crippen molar-refractivity contribution >= 4 is 39.6 Å². The second-order valence-corrected chi connectivity index (χ2v) is 8.88. The molecule has 0 saturated carbocycles. The fourth-order valence-electron chi connectivity index (χ4n) is 3.78. The minimum atomic E-state index is -0.393. The summed E-state index contributed by atoms with van der Waals surface area (Å²) in [6.45, 7) is 9.08. The number of benzene rings is 1. The minimum Gasteiger partial charge on any atom is -0.483 e. The van der Waals surface area contributed by atoms with Gasteiger partial charge >= 0.3 is 5.97 Å². The standard InChI is InChI=1S/C24H26N2O4S/c1-5-28-14-25-20-18-16-12-24(3,4)30-13-17(16)19(15-10-8-7-9-11-15)26-22(18)31-21(20)23(27)29-6-2/h7-11,14H,5-6,12-13H2,1-4H3. The molecule has 3 heterocycles. The summed E-state index contributed by atoms with van der Waals surface area (Å²) < 4.78 is 16.8. The van der Waals surface area contributed by atoms with E-state index >= 15 is 0 Å². The lowest BCUT2D eigenvalue weighted by Gasteiger charge is -2.33. The zero-order valence-electron chi connectivity index (χ0n) is 18.2. The average Bonchev–Trinajstić information content (AvgIpc) is 3.12. The van der Waals surface area contributed by atoms with E-state index in [4.69, 9.17) is 19.2 Å². The largest absolute Gasteiger partial charge is 0.483 e. The molecule has 3 aromatic rings. The van der Waals surface area contributed by atoms with Gasteiger partial charge in [-0.3, -0.25) is 0 Å². The molecule has 6 nitrogen and oxygen atoms in total. The van der Waals surface area contributed by atoms with Crippen molar-refractivity contribution in [1.82, 2.24) is 4.98 Å². The Morgan fingerprint density at radius 1 is 1.23 bits per heavy atom. The molecule has 0 fully saturated rings. The zero-order valence-corrected chi connectivity index (χ0v) is 19.0. The average molecular weight is 439 g/mol. The number of pyridine rings is 1. The minimum absolute atomic E-state index is 0.295. The summed E-state index contributed by atoms with van der Waals surface area (Å²) in [5, 5.41) is 0.884. The van der Waals surface area contributed by atoms with Crippen LogP contribution >= 0.6 is 11.3 Å². The number of aromatic nitrogens is 1. The van der Waals surface area contributed by atoms with Crippen molar-refractivity contribution in [2.75, 3.05) is 13.2 Å². The van der Waals surface area contributed by atoms with Crippen LogP contribution < -0.4 is 0 Å². The molecule has 0 amide bonds. The van der Waals surface area contributed by atoms with Crippen LogP contribution in [-0.2, 0) is 27.2 Å². The van der Waals surface area contributed by atoms with Crippen LogP contribution in [0.25, 0.3) is 21.5 Å². The SMILES string of the molecule is CCOC=Nc1c(C(=O)OCC)sc2nc(-c3ccccc3)c3c(c12)CC(C)(C)OC3. The number of nitrogens with zero attached hydrogens (tertiary/aromatic N) is 2. The van der Waals surface area contributed by atoms with Crippen molar-refractivity contribution in [3.05, 3.63) is 46.3 Å². The quantitative estimate of drug-likeness (QED) is 0.281. The van der Waals surface area contributed by atoms with E-state index in [1.165, 1.54) is 17.7 Å². The van der Waals surface area contributed by atoms with Crippen LogP contribution in [0, 0.1) is 0 Å². The van der Waals surface area contributed by atoms with E-state index in [0.29, 0.717) is 36.8 Å². The van der Waals surface area contributed by atoms with Crippen LogP contribution in [-0.4, -0.2) is 36.2 Å². The van der Waals surface area contributed by atoms with Crippen LogP contribution in [0.5, 0.6) is 0 Å². The van der Waals surface area contributed by atoms with E-state index in [2.05, 4.69) is 18.8 Å². The smallest absolute Gasteiger partial charge is 0.350 e. The van der Waals surface area contributed by atoms with Crippen LogP contribution in [0.2, 0.25) is 0 Å². The summed E-state index contributed by atoms with van der Waals surface area (Å²) in [7, 11) is 0. The molecular weight excluding hydrogens is 412 g/mol. The molecule has 2 aromatic heterocycles. The van der Waals surface area contributed by atoms with E-state index in [9.17, 15) is 4.79 Å². The van der Waals surface area contributed by atoms with Gasteiger partial charge in [-0.05, 0) is 33.3 Å². The summed E-state index contributed by atoms with van der Waals surface area (Å²) >= 11 is 1.32. The van der Waals surface area contributed by atoms with Crippen molar-refractivity contribution in [2.45, 2.75) is 46.3 Å². The van der Waals surface area contributed by atoms with E-state index < -0.39 is 5.97 Å². The Kier molecular flexibility index (Phi) is 6.07. The van der Waals surface area contributed by atoms with Gasteiger partial charge in [0.05, 0.1) is 31.1 Å². The van der Waals surface area contributed by atoms with Crippen molar-refractivity contribution in [1.29, 1.82) is 0 Å². The Morgan fingerprint density at radius 3 is 2.71 bits per heavy atom. The second-order valence-electron chi connectivity index (χ2n) is 7.88. The number of hydrogen-bond acceptors (Lipinski definition) is 7. The number of carbonyl (C=O) groups is 1. The van der Waals surface area contributed by atoms with Gasteiger partial charge in [0.15, 0.2) is 6.40 Å². The normalized spacial score (nSPS) is 15.2. The number of carbonyl (C=O) groups excluding carboxylic acids is 1. The lowest BCUT2D eigenvalue weighted by atomic mass is 9.88. The fourth-order valence-corrected chi connectivity index (χ4v) is 4.82. The summed E-state index contributed by atoms with van der Waals surface area (Å²) in [5.74, 6) is -0.393. The predicted octanol–water partition coefficient (Wildman–Crippen LogP) is 5.69. The number of thiophene rings is 1. The van der Waals surface area contributed by atoms with Gasteiger partial charge < -0.3 is 14.2 Å². The molecular formula is C24H26N2O4S. The highest BCUT2D eigenvalue weighted by molar-refractivity contribution is 7.21. The van der Waals surface area contributed by atoms with E-state index in [-0.39, 0.29) is 5.60 Å². The summed E-state index contributed by atoms with van der Waals surface area (Å²) in [5.41, 5.74) is 4.30. The first-order valence-electron chi connectivity index (χ1n) is 10.4. The number of ether oxygens (including phenoxy) is 3. The molecule has 0 aliphatic carbocycles. The van der Waals surface area contributed by atoms with Gasteiger partial charge in [0.2, 0.25) is 0 Å². The molecule has 0 spiro atoms. The van der Waals surface area contributed by atoms with Crippen molar-refractivity contribution < 1.29 is 19.0 Å². The van der Waals surface area contributed by atoms with Gasteiger partial charge in [-0.25, -0.2) is 14.8 Å². The summed E-state index contributed by atoms with van der Waals surface area (Å²) in [6, 6.07) is 10.1. The highest BCUT2D eigenvalue weighted by Crippen LogP contribution is 2.46. The molecule has 31 heavy (non-hydrogen) atoms. The van der Waals surface area contributed by atoms with Gasteiger partial charge in [-0.2, -0.15) is 0 Å².